The van der Waals surface area contributed by atoms with Gasteiger partial charge >= 0.3 is 0 Å². The van der Waals surface area contributed by atoms with Crippen molar-refractivity contribution in [2.75, 3.05) is 33.0 Å². The Labute approximate surface area is 387 Å². The van der Waals surface area contributed by atoms with Crippen molar-refractivity contribution in [2.24, 2.45) is 0 Å². The molecule has 25 atom stereocenters. The van der Waals surface area contributed by atoms with E-state index < -0.39 is 180 Å². The topological polar surface area (TPSA) is 399 Å². The molecule has 0 spiro atoms. The van der Waals surface area contributed by atoms with E-state index >= 15 is 0 Å². The van der Waals surface area contributed by atoms with Gasteiger partial charge in [-0.15, -0.1) is 6.58 Å². The van der Waals surface area contributed by atoms with E-state index in [0.29, 0.717) is 0 Å². The molecule has 61 heavy (non-hydrogen) atoms. The van der Waals surface area contributed by atoms with E-state index in [4.69, 9.17) is 53.1 Å². The van der Waals surface area contributed by atoms with Crippen molar-refractivity contribution in [3.63, 3.8) is 0 Å². The van der Waals surface area contributed by atoms with Crippen molar-refractivity contribution in [3.8, 4) is 0 Å². The largest absolute Gasteiger partial charge is 0.668 e. The molecule has 5 fully saturated rings. The smallest absolute Gasteiger partial charge is 0.187 e. The van der Waals surface area contributed by atoms with E-state index in [1.165, 1.54) is 13.0 Å². The Bertz CT molecular complexity index is 1280. The summed E-state index contributed by atoms with van der Waals surface area (Å²) >= 11 is 0. The number of hydrogen-bond donors (Lipinski definition) is 14. The molecular formula is C35H64AcNO24-. The number of aliphatic hydroxyl groups excluding tert-OH is 14. The monoisotopic (exact) mass is 1110 g/mol. The van der Waals surface area contributed by atoms with Crippen molar-refractivity contribution in [1.82, 2.24) is 0 Å². The maximum absolute atomic E-state index is 11.4. The molecule has 0 aromatic heterocycles. The molecule has 5 saturated heterocycles. The van der Waals surface area contributed by atoms with Crippen LogP contribution in [0.1, 0.15) is 21.8 Å². The second-order valence-corrected chi connectivity index (χ2v) is 14.6. The Hall–Kier alpha value is 0.182. The zero-order chi connectivity index (χ0) is 42.7. The first-order chi connectivity index (χ1) is 27.5. The van der Waals surface area contributed by atoms with Gasteiger partial charge < -0.3 is 125 Å². The van der Waals surface area contributed by atoms with Crippen LogP contribution in [-0.4, -0.2) is 258 Å². The second-order valence-electron chi connectivity index (χ2n) is 14.6. The van der Waals surface area contributed by atoms with Gasteiger partial charge in [-0.05, 0) is 6.92 Å². The quantitative estimate of drug-likeness (QED) is 0.0678. The first-order valence-electron chi connectivity index (χ1n) is 18.6. The van der Waals surface area contributed by atoms with E-state index in [-0.39, 0.29) is 65.5 Å². The SMILES string of the molecule is C.C.C=CCO[C@@H]1OC(CO)[C@H](O[C@H]2OC(CO)[C@H](O)C(OC3OC(CO)[C@H](O)C(O[C@@H]4OC(CO)[C@H](O)C(O)C4O[C@@H]4OC(C)[C@@H](O)C(O)C4O)C3[NH-])C2O)C(O)C1O.[Ac]. The van der Waals surface area contributed by atoms with Crippen LogP contribution in [-0.2, 0) is 47.4 Å². The molecule has 0 aliphatic carbocycles. The fourth-order valence-electron chi connectivity index (χ4n) is 7.25. The summed E-state index contributed by atoms with van der Waals surface area (Å²) < 4.78 is 56.2. The van der Waals surface area contributed by atoms with E-state index in [0.717, 1.165) is 0 Å². The van der Waals surface area contributed by atoms with Gasteiger partial charge in [-0.1, -0.05) is 27.0 Å². The molecule has 0 amide bonds. The number of nitrogens with one attached hydrogen (secondary N) is 1. The molecule has 1 radical (unpaired) electrons. The molecular weight excluding hydrogens is 1050 g/mol. The number of aliphatic hydroxyl groups is 14. The minimum absolute atomic E-state index is 0. The molecule has 5 heterocycles. The van der Waals surface area contributed by atoms with Crippen molar-refractivity contribution in [3.05, 3.63) is 18.4 Å². The van der Waals surface area contributed by atoms with Crippen LogP contribution in [0.5, 0.6) is 0 Å². The van der Waals surface area contributed by atoms with E-state index in [1.807, 2.05) is 0 Å². The van der Waals surface area contributed by atoms with Crippen LogP contribution in [0.3, 0.4) is 0 Å². The van der Waals surface area contributed by atoms with E-state index in [9.17, 15) is 71.5 Å². The zero-order valence-corrected chi connectivity index (χ0v) is 36.4. The molecule has 26 heteroatoms. The fraction of sp³-hybridized carbons (Fsp3) is 0.943. The Kier molecular flexibility index (Phi) is 23.8. The van der Waals surface area contributed by atoms with Gasteiger partial charge in [-0.2, -0.15) is 0 Å². The van der Waals surface area contributed by atoms with Gasteiger partial charge in [-0.3, -0.25) is 0 Å². The van der Waals surface area contributed by atoms with E-state index in [1.54, 1.807) is 0 Å². The Morgan fingerprint density at radius 2 is 0.885 bits per heavy atom. The minimum atomic E-state index is -2.05. The summed E-state index contributed by atoms with van der Waals surface area (Å²) in [6.45, 7) is 1.21. The van der Waals surface area contributed by atoms with Gasteiger partial charge in [0.2, 0.25) is 0 Å². The minimum Gasteiger partial charge on any atom is -0.668 e. The van der Waals surface area contributed by atoms with Gasteiger partial charge in [0.05, 0.1) is 45.2 Å². The normalized spacial score (nSPS) is 49.1. The maximum Gasteiger partial charge on any atom is 0.187 e. The molecule has 0 bridgehead atoms. The average molecular weight is 1110 g/mol. The standard InChI is InChI=1S/C33H56NO24.2CH4.Ac/c1-3-4-49-30-23(47)21(45)25(13(8-38)54-30)55-32-24(48)27(18(42)12(7-37)52-32)57-29-14(34)26(17(41)11(6-36)51-29)56-33-28(20(44)16(40)10(5-35)53-33)58-31-22(46)19(43)15(39)9(2)50-31;;;/h3,9-48H,1,4-8H2,2H3;2*1H4;/q-1;;;/t9?,10?,11?,12?,13?,14?,15-,16+,17+,18+,19?,20?,21?,22?,23?,24?,25+,26?,27?,28?,29?,30-,31+,32-,33+;;;/m1.../s1. The first kappa shape index (κ1) is 57.3. The zero-order valence-electron chi connectivity index (χ0n) is 31.7. The van der Waals surface area contributed by atoms with Gasteiger partial charge in [0.15, 0.2) is 25.2 Å². The summed E-state index contributed by atoms with van der Waals surface area (Å²) in [5.41, 5.74) is 8.98. The third-order valence-corrected chi connectivity index (χ3v) is 10.7. The van der Waals surface area contributed by atoms with Crippen LogP contribution < -0.4 is 0 Å². The predicted molar refractivity (Wildman–Crippen MR) is 195 cm³/mol. The van der Waals surface area contributed by atoms with Crippen LogP contribution in [0.25, 0.3) is 5.73 Å². The Morgan fingerprint density at radius 1 is 0.459 bits per heavy atom. The Morgan fingerprint density at radius 3 is 1.46 bits per heavy atom. The third kappa shape index (κ3) is 12.4. The van der Waals surface area contributed by atoms with Gasteiger partial charge in [0.25, 0.3) is 0 Å². The molecule has 5 aliphatic rings. The molecule has 25 nitrogen and oxygen atoms in total. The number of ether oxygens (including phenoxy) is 10. The van der Waals surface area contributed by atoms with Crippen molar-refractivity contribution in [1.29, 1.82) is 0 Å². The molecule has 0 aromatic carbocycles. The van der Waals surface area contributed by atoms with Gasteiger partial charge in [0.1, 0.15) is 110 Å². The molecule has 16 unspecified atom stereocenters. The molecule has 5 rings (SSSR count). The number of rotatable bonds is 15. The third-order valence-electron chi connectivity index (χ3n) is 10.7. The summed E-state index contributed by atoms with van der Waals surface area (Å²) in [6.07, 6.45) is -40.4. The average Bonchev–Trinajstić information content (AvgIpc) is 3.21. The van der Waals surface area contributed by atoms with Crippen LogP contribution >= 0.6 is 0 Å². The summed E-state index contributed by atoms with van der Waals surface area (Å²) in [7, 11) is 0. The van der Waals surface area contributed by atoms with Crippen molar-refractivity contribution < 1.29 is 163 Å². The molecule has 15 N–H and O–H groups in total. The molecule has 357 valence electrons. The second kappa shape index (κ2) is 25.4. The maximum atomic E-state index is 11.4. The van der Waals surface area contributed by atoms with Crippen molar-refractivity contribution >= 4 is 0 Å². The van der Waals surface area contributed by atoms with Crippen LogP contribution in [0.4, 0.5) is 0 Å². The summed E-state index contributed by atoms with van der Waals surface area (Å²) in [6, 6.07) is -1.91. The van der Waals surface area contributed by atoms with Crippen molar-refractivity contribution in [2.45, 2.75) is 175 Å². The summed E-state index contributed by atoms with van der Waals surface area (Å²) in [5.74, 6) is 0. The summed E-state index contributed by atoms with van der Waals surface area (Å²) in [4.78, 5) is 0. The van der Waals surface area contributed by atoms with Gasteiger partial charge in [-0.25, -0.2) is 0 Å². The first-order valence-corrected chi connectivity index (χ1v) is 18.6. The van der Waals surface area contributed by atoms with Crippen LogP contribution in [0.2, 0.25) is 0 Å². The van der Waals surface area contributed by atoms with Crippen LogP contribution in [0, 0.1) is 44.1 Å². The van der Waals surface area contributed by atoms with E-state index in [2.05, 4.69) is 6.58 Å². The summed E-state index contributed by atoms with van der Waals surface area (Å²) in [5, 5.41) is 148. The Balaban J connectivity index is 0.00000427. The van der Waals surface area contributed by atoms with Gasteiger partial charge in [0, 0.05) is 44.1 Å². The number of hydrogen-bond acceptors (Lipinski definition) is 24. The molecule has 5 aliphatic heterocycles. The fourth-order valence-corrected chi connectivity index (χ4v) is 7.25. The molecule has 0 saturated carbocycles. The predicted octanol–water partition coefficient (Wildman–Crippen LogP) is -7.35. The van der Waals surface area contributed by atoms with Crippen LogP contribution in [0.15, 0.2) is 12.7 Å². The molecule has 0 aromatic rings.